The van der Waals surface area contributed by atoms with E-state index in [1.807, 2.05) is 0 Å². The van der Waals surface area contributed by atoms with E-state index < -0.39 is 17.8 Å². The van der Waals surface area contributed by atoms with Gasteiger partial charge in [0.15, 0.2) is 18.1 Å². The monoisotopic (exact) mass is 285 g/mol. The molecule has 5 nitrogen and oxygen atoms in total. The van der Waals surface area contributed by atoms with E-state index in [1.54, 1.807) is 24.5 Å². The Morgan fingerprint density at radius 2 is 2.25 bits per heavy atom. The summed E-state index contributed by atoms with van der Waals surface area (Å²) < 4.78 is 38.4. The van der Waals surface area contributed by atoms with E-state index >= 15 is 0 Å². The van der Waals surface area contributed by atoms with Gasteiger partial charge in [-0.1, -0.05) is 0 Å². The van der Waals surface area contributed by atoms with Gasteiger partial charge in [-0.15, -0.1) is 0 Å². The molecule has 20 heavy (non-hydrogen) atoms. The van der Waals surface area contributed by atoms with Gasteiger partial charge in [-0.25, -0.2) is 4.98 Å². The summed E-state index contributed by atoms with van der Waals surface area (Å²) in [6, 6.07) is 4.26. The van der Waals surface area contributed by atoms with Crippen LogP contribution in [0, 0.1) is 0 Å². The Balaban J connectivity index is 2.08. The molecule has 0 spiro atoms. The molecule has 1 amide bonds. The molecule has 0 unspecified atom stereocenters. The number of nitrogens with zero attached hydrogens (tertiary/aromatic N) is 2. The van der Waals surface area contributed by atoms with Crippen LogP contribution in [0.4, 0.5) is 13.2 Å². The number of carbonyl (C=O) groups is 1. The summed E-state index contributed by atoms with van der Waals surface area (Å²) in [5.74, 6) is -0.612. The van der Waals surface area contributed by atoms with Crippen LogP contribution >= 0.6 is 0 Å². The first-order chi connectivity index (χ1) is 9.38. The SMILES string of the molecule is Cn1nc(C(F)(F)F)cc1C(=O)NCc1ccc[nH+]c1. The Morgan fingerprint density at radius 1 is 1.50 bits per heavy atom. The number of carbonyl (C=O) groups excluding carboxylic acids is 1. The molecular weight excluding hydrogens is 273 g/mol. The number of aryl methyl sites for hydroxylation is 1. The topological polar surface area (TPSA) is 61.1 Å². The minimum atomic E-state index is -4.56. The van der Waals surface area contributed by atoms with Crippen LogP contribution in [0.3, 0.4) is 0 Å². The highest BCUT2D eigenvalue weighted by molar-refractivity contribution is 5.92. The maximum absolute atomic E-state index is 12.5. The summed E-state index contributed by atoms with van der Waals surface area (Å²) in [5, 5.41) is 5.82. The first-order valence-electron chi connectivity index (χ1n) is 5.72. The number of hydrogen-bond donors (Lipinski definition) is 1. The number of hydrogen-bond acceptors (Lipinski definition) is 2. The van der Waals surface area contributed by atoms with Gasteiger partial charge in [0, 0.05) is 31.3 Å². The summed E-state index contributed by atoms with van der Waals surface area (Å²) in [7, 11) is 1.29. The van der Waals surface area contributed by atoms with Crippen molar-refractivity contribution in [1.29, 1.82) is 0 Å². The molecule has 2 aromatic heterocycles. The average molecular weight is 285 g/mol. The molecule has 0 aliphatic heterocycles. The second kappa shape index (κ2) is 5.32. The zero-order valence-corrected chi connectivity index (χ0v) is 10.5. The summed E-state index contributed by atoms with van der Waals surface area (Å²) in [5.41, 5.74) is -0.422. The van der Waals surface area contributed by atoms with Crippen LogP contribution in [0.2, 0.25) is 0 Å². The number of aromatic amines is 1. The molecule has 106 valence electrons. The van der Waals surface area contributed by atoms with Crippen molar-refractivity contribution in [2.75, 3.05) is 0 Å². The second-order valence-corrected chi connectivity index (χ2v) is 4.13. The minimum Gasteiger partial charge on any atom is -0.346 e. The van der Waals surface area contributed by atoms with Crippen molar-refractivity contribution in [3.05, 3.63) is 47.5 Å². The molecule has 0 saturated heterocycles. The number of alkyl halides is 3. The first kappa shape index (κ1) is 14.0. The summed E-state index contributed by atoms with van der Waals surface area (Å²) in [6.45, 7) is 0.211. The van der Waals surface area contributed by atoms with E-state index in [2.05, 4.69) is 15.4 Å². The summed E-state index contributed by atoms with van der Waals surface area (Å²) >= 11 is 0. The van der Waals surface area contributed by atoms with Crippen LogP contribution in [0.15, 0.2) is 30.6 Å². The predicted molar refractivity (Wildman–Crippen MR) is 62.4 cm³/mol. The third kappa shape index (κ3) is 3.14. The Kier molecular flexibility index (Phi) is 3.73. The lowest BCUT2D eigenvalue weighted by molar-refractivity contribution is -0.378. The zero-order valence-electron chi connectivity index (χ0n) is 10.5. The van der Waals surface area contributed by atoms with Crippen LogP contribution in [0.25, 0.3) is 0 Å². The van der Waals surface area contributed by atoms with Gasteiger partial charge < -0.3 is 5.32 Å². The smallest absolute Gasteiger partial charge is 0.346 e. The van der Waals surface area contributed by atoms with Crippen molar-refractivity contribution >= 4 is 5.91 Å². The molecule has 8 heteroatoms. The summed E-state index contributed by atoms with van der Waals surface area (Å²) in [4.78, 5) is 14.7. The normalized spacial score (nSPS) is 11.4. The molecular formula is C12H12F3N4O+. The number of nitrogens with one attached hydrogen (secondary N) is 2. The van der Waals surface area contributed by atoms with E-state index in [9.17, 15) is 18.0 Å². The molecule has 0 aliphatic carbocycles. The van der Waals surface area contributed by atoms with Crippen LogP contribution in [0.5, 0.6) is 0 Å². The van der Waals surface area contributed by atoms with Crippen molar-refractivity contribution < 1.29 is 22.9 Å². The van der Waals surface area contributed by atoms with Crippen LogP contribution in [-0.2, 0) is 19.8 Å². The average Bonchev–Trinajstić information content (AvgIpc) is 2.79. The maximum Gasteiger partial charge on any atom is 0.435 e. The second-order valence-electron chi connectivity index (χ2n) is 4.13. The number of aromatic nitrogens is 3. The highest BCUT2D eigenvalue weighted by Gasteiger charge is 2.35. The third-order valence-electron chi connectivity index (χ3n) is 2.63. The molecule has 0 aromatic carbocycles. The summed E-state index contributed by atoms with van der Waals surface area (Å²) in [6.07, 6.45) is -1.17. The zero-order chi connectivity index (χ0) is 14.8. The fourth-order valence-electron chi connectivity index (χ4n) is 1.63. The van der Waals surface area contributed by atoms with Gasteiger partial charge >= 0.3 is 6.18 Å². The largest absolute Gasteiger partial charge is 0.435 e. The van der Waals surface area contributed by atoms with Gasteiger partial charge in [-0.05, 0) is 6.07 Å². The molecule has 0 saturated carbocycles. The van der Waals surface area contributed by atoms with Crippen molar-refractivity contribution in [3.63, 3.8) is 0 Å². The molecule has 2 N–H and O–H groups in total. The fraction of sp³-hybridized carbons (Fsp3) is 0.250. The van der Waals surface area contributed by atoms with E-state index in [0.29, 0.717) is 0 Å². The highest BCUT2D eigenvalue weighted by atomic mass is 19.4. The Hall–Kier alpha value is -2.38. The third-order valence-corrected chi connectivity index (χ3v) is 2.63. The fourth-order valence-corrected chi connectivity index (χ4v) is 1.63. The number of H-pyrrole nitrogens is 1. The number of rotatable bonds is 3. The molecule has 0 fully saturated rings. The van der Waals surface area contributed by atoms with Gasteiger partial charge in [-0.3, -0.25) is 9.48 Å². The van der Waals surface area contributed by atoms with Crippen molar-refractivity contribution in [2.45, 2.75) is 12.7 Å². The Labute approximate surface area is 112 Å². The van der Waals surface area contributed by atoms with E-state index in [0.717, 1.165) is 16.3 Å². The lowest BCUT2D eigenvalue weighted by Crippen LogP contribution is -2.25. The van der Waals surface area contributed by atoms with E-state index in [4.69, 9.17) is 0 Å². The van der Waals surface area contributed by atoms with Gasteiger partial charge in [0.1, 0.15) is 5.69 Å². The maximum atomic E-state index is 12.5. The van der Waals surface area contributed by atoms with Crippen molar-refractivity contribution in [3.8, 4) is 0 Å². The lowest BCUT2D eigenvalue weighted by atomic mass is 10.2. The molecule has 0 aliphatic rings. The van der Waals surface area contributed by atoms with Crippen molar-refractivity contribution in [1.82, 2.24) is 15.1 Å². The number of halogens is 3. The van der Waals surface area contributed by atoms with Crippen molar-refractivity contribution in [2.24, 2.45) is 7.05 Å². The van der Waals surface area contributed by atoms with Crippen LogP contribution < -0.4 is 10.3 Å². The minimum absolute atomic E-state index is 0.141. The lowest BCUT2D eigenvalue weighted by Gasteiger charge is -2.03. The van der Waals surface area contributed by atoms with E-state index in [1.165, 1.54) is 7.05 Å². The highest BCUT2D eigenvalue weighted by Crippen LogP contribution is 2.28. The Bertz CT molecular complexity index is 607. The quantitative estimate of drug-likeness (QED) is 0.920. The van der Waals surface area contributed by atoms with Gasteiger partial charge in [0.2, 0.25) is 0 Å². The molecule has 2 aromatic rings. The molecule has 0 bridgehead atoms. The number of amides is 1. The molecule has 2 heterocycles. The van der Waals surface area contributed by atoms with Crippen LogP contribution in [0.1, 0.15) is 21.7 Å². The number of pyridine rings is 1. The molecule has 2 rings (SSSR count). The predicted octanol–water partition coefficient (Wildman–Crippen LogP) is 1.18. The first-order valence-corrected chi connectivity index (χ1v) is 5.72. The van der Waals surface area contributed by atoms with Gasteiger partial charge in [-0.2, -0.15) is 18.3 Å². The molecule has 0 atom stereocenters. The molecule has 0 radical (unpaired) electrons. The van der Waals surface area contributed by atoms with Crippen LogP contribution in [-0.4, -0.2) is 15.7 Å². The standard InChI is InChI=1S/C12H11F3N4O/c1-19-9(5-10(18-19)12(13,14)15)11(20)17-7-8-3-2-4-16-6-8/h2-6H,7H2,1H3,(H,17,20)/p+1. The van der Waals surface area contributed by atoms with Gasteiger partial charge in [0.05, 0.1) is 0 Å². The van der Waals surface area contributed by atoms with E-state index in [-0.39, 0.29) is 12.2 Å². The Morgan fingerprint density at radius 3 is 2.80 bits per heavy atom. The van der Waals surface area contributed by atoms with Gasteiger partial charge in [0.25, 0.3) is 5.91 Å².